The van der Waals surface area contributed by atoms with Gasteiger partial charge in [-0.1, -0.05) is 30.3 Å². The molecule has 1 aromatic carbocycles. The predicted molar refractivity (Wildman–Crippen MR) is 87.2 cm³/mol. The van der Waals surface area contributed by atoms with E-state index in [4.69, 9.17) is 6.42 Å². The normalized spacial score (nSPS) is 10.1. The molecule has 0 spiro atoms. The summed E-state index contributed by atoms with van der Waals surface area (Å²) in [6.45, 7) is 1.39. The molecule has 0 aliphatic carbocycles. The fourth-order valence-electron chi connectivity index (χ4n) is 2.18. The fourth-order valence-corrected chi connectivity index (χ4v) is 2.18. The van der Waals surface area contributed by atoms with Gasteiger partial charge in [0.05, 0.1) is 12.7 Å². The Bertz CT molecular complexity index is 625. The monoisotopic (exact) mass is 295 g/mol. The average Bonchev–Trinajstić information content (AvgIpc) is 2.96. The van der Waals surface area contributed by atoms with E-state index in [-0.39, 0.29) is 5.91 Å². The Kier molecular flexibility index (Phi) is 6.25. The number of terminal acetylenes is 1. The van der Waals surface area contributed by atoms with Gasteiger partial charge < -0.3 is 5.32 Å². The molecule has 1 heterocycles. The van der Waals surface area contributed by atoms with Crippen molar-refractivity contribution in [2.75, 3.05) is 6.54 Å². The molecule has 22 heavy (non-hydrogen) atoms. The number of carbonyl (C=O) groups is 1. The summed E-state index contributed by atoms with van der Waals surface area (Å²) in [5.74, 6) is 2.60. The smallest absolute Gasteiger partial charge is 0.220 e. The van der Waals surface area contributed by atoms with E-state index in [1.54, 1.807) is 0 Å². The van der Waals surface area contributed by atoms with Crippen LogP contribution in [-0.2, 0) is 17.8 Å². The highest BCUT2D eigenvalue weighted by molar-refractivity contribution is 5.75. The van der Waals surface area contributed by atoms with Crippen molar-refractivity contribution in [2.45, 2.75) is 32.2 Å². The molecule has 2 rings (SSSR count). The van der Waals surface area contributed by atoms with Crippen molar-refractivity contribution in [3.63, 3.8) is 0 Å². The maximum Gasteiger partial charge on any atom is 0.220 e. The SMILES string of the molecule is C#CCCCC(=O)NCCc1cnn(Cc2ccccc2)c1. The molecule has 2 aromatic rings. The molecule has 0 radical (unpaired) electrons. The Morgan fingerprint density at radius 3 is 2.86 bits per heavy atom. The Balaban J connectivity index is 1.71. The largest absolute Gasteiger partial charge is 0.356 e. The molecular weight excluding hydrogens is 274 g/mol. The lowest BCUT2D eigenvalue weighted by Gasteiger charge is -2.03. The van der Waals surface area contributed by atoms with Crippen molar-refractivity contribution in [3.05, 3.63) is 53.9 Å². The summed E-state index contributed by atoms with van der Waals surface area (Å²) in [7, 11) is 0. The number of rotatable bonds is 8. The lowest BCUT2D eigenvalue weighted by molar-refractivity contribution is -0.121. The maximum atomic E-state index is 11.6. The molecular formula is C18H21N3O. The Morgan fingerprint density at radius 2 is 2.09 bits per heavy atom. The Morgan fingerprint density at radius 1 is 1.27 bits per heavy atom. The molecule has 0 bridgehead atoms. The van der Waals surface area contributed by atoms with Crippen LogP contribution in [0.5, 0.6) is 0 Å². The molecule has 0 atom stereocenters. The summed E-state index contributed by atoms with van der Waals surface area (Å²) in [5, 5.41) is 7.26. The van der Waals surface area contributed by atoms with Gasteiger partial charge in [-0.15, -0.1) is 12.3 Å². The quantitative estimate of drug-likeness (QED) is 0.600. The minimum Gasteiger partial charge on any atom is -0.356 e. The van der Waals surface area contributed by atoms with Crippen molar-refractivity contribution in [2.24, 2.45) is 0 Å². The number of amides is 1. The van der Waals surface area contributed by atoms with E-state index < -0.39 is 0 Å². The molecule has 1 aromatic heterocycles. The van der Waals surface area contributed by atoms with Gasteiger partial charge in [0.1, 0.15) is 0 Å². The average molecular weight is 295 g/mol. The van der Waals surface area contributed by atoms with Crippen LogP contribution in [0.25, 0.3) is 0 Å². The first-order valence-electron chi connectivity index (χ1n) is 7.53. The van der Waals surface area contributed by atoms with E-state index in [1.165, 1.54) is 5.56 Å². The molecule has 1 amide bonds. The van der Waals surface area contributed by atoms with Crippen molar-refractivity contribution in [1.29, 1.82) is 0 Å². The zero-order chi connectivity index (χ0) is 15.6. The topological polar surface area (TPSA) is 46.9 Å². The molecule has 0 aliphatic heterocycles. The van der Waals surface area contributed by atoms with Gasteiger partial charge in [0.25, 0.3) is 0 Å². The van der Waals surface area contributed by atoms with Crippen molar-refractivity contribution in [3.8, 4) is 12.3 Å². The standard InChI is InChI=1S/C18H21N3O/c1-2-3-5-10-18(22)19-12-11-17-13-20-21(15-17)14-16-8-6-4-7-9-16/h1,4,6-9,13,15H,3,5,10-12,14H2,(H,19,22). The molecule has 4 nitrogen and oxygen atoms in total. The van der Waals surface area contributed by atoms with Gasteiger partial charge in [0.15, 0.2) is 0 Å². The van der Waals surface area contributed by atoms with E-state index in [1.807, 2.05) is 35.3 Å². The first-order valence-corrected chi connectivity index (χ1v) is 7.53. The first kappa shape index (κ1) is 15.8. The molecule has 0 saturated carbocycles. The third kappa shape index (κ3) is 5.45. The van der Waals surface area contributed by atoms with Crippen molar-refractivity contribution in [1.82, 2.24) is 15.1 Å². The lowest BCUT2D eigenvalue weighted by Crippen LogP contribution is -2.25. The predicted octanol–water partition coefficient (Wildman–Crippen LogP) is 2.39. The van der Waals surface area contributed by atoms with Gasteiger partial charge in [-0.2, -0.15) is 5.10 Å². The molecule has 0 aliphatic rings. The zero-order valence-electron chi connectivity index (χ0n) is 12.7. The third-order valence-electron chi connectivity index (χ3n) is 3.33. The molecule has 114 valence electrons. The number of hydrogen-bond donors (Lipinski definition) is 1. The molecule has 0 saturated heterocycles. The second kappa shape index (κ2) is 8.68. The van der Waals surface area contributed by atoms with Crippen LogP contribution in [0, 0.1) is 12.3 Å². The number of unbranched alkanes of at least 4 members (excludes halogenated alkanes) is 1. The highest BCUT2D eigenvalue weighted by atomic mass is 16.1. The van der Waals surface area contributed by atoms with Crippen LogP contribution < -0.4 is 5.32 Å². The van der Waals surface area contributed by atoms with E-state index in [0.717, 1.165) is 24.9 Å². The number of aromatic nitrogens is 2. The molecule has 1 N–H and O–H groups in total. The fraction of sp³-hybridized carbons (Fsp3) is 0.333. The highest BCUT2D eigenvalue weighted by Gasteiger charge is 2.02. The van der Waals surface area contributed by atoms with E-state index >= 15 is 0 Å². The summed E-state index contributed by atoms with van der Waals surface area (Å²) in [4.78, 5) is 11.6. The van der Waals surface area contributed by atoms with Crippen molar-refractivity contribution < 1.29 is 4.79 Å². The number of hydrogen-bond acceptors (Lipinski definition) is 2. The van der Waals surface area contributed by atoms with Crippen LogP contribution in [-0.4, -0.2) is 22.2 Å². The third-order valence-corrected chi connectivity index (χ3v) is 3.33. The van der Waals surface area contributed by atoms with Crippen LogP contribution in [0.1, 0.15) is 30.4 Å². The van der Waals surface area contributed by atoms with Crippen molar-refractivity contribution >= 4 is 5.91 Å². The van der Waals surface area contributed by atoms with Crippen LogP contribution in [0.3, 0.4) is 0 Å². The zero-order valence-corrected chi connectivity index (χ0v) is 12.7. The van der Waals surface area contributed by atoms with Gasteiger partial charge in [0, 0.05) is 25.6 Å². The van der Waals surface area contributed by atoms with Gasteiger partial charge >= 0.3 is 0 Å². The summed E-state index contributed by atoms with van der Waals surface area (Å²) >= 11 is 0. The lowest BCUT2D eigenvalue weighted by atomic mass is 10.2. The minimum absolute atomic E-state index is 0.0620. The summed E-state index contributed by atoms with van der Waals surface area (Å²) in [6.07, 6.45) is 11.7. The van der Waals surface area contributed by atoms with Gasteiger partial charge in [-0.3, -0.25) is 9.48 Å². The highest BCUT2D eigenvalue weighted by Crippen LogP contribution is 2.04. The van der Waals surface area contributed by atoms with Crippen LogP contribution in [0.4, 0.5) is 0 Å². The molecule has 0 unspecified atom stereocenters. The number of nitrogens with zero attached hydrogens (tertiary/aromatic N) is 2. The first-order chi connectivity index (χ1) is 10.8. The number of benzene rings is 1. The Labute approximate surface area is 131 Å². The van der Waals surface area contributed by atoms with E-state index in [9.17, 15) is 4.79 Å². The van der Waals surface area contributed by atoms with Gasteiger partial charge in [0.2, 0.25) is 5.91 Å². The summed E-state index contributed by atoms with van der Waals surface area (Å²) in [5.41, 5.74) is 2.35. The van der Waals surface area contributed by atoms with Crippen LogP contribution in [0.2, 0.25) is 0 Å². The molecule has 4 heteroatoms. The summed E-state index contributed by atoms with van der Waals surface area (Å²) < 4.78 is 1.92. The second-order valence-corrected chi connectivity index (χ2v) is 5.19. The number of nitrogens with one attached hydrogen (secondary N) is 1. The molecule has 0 fully saturated rings. The van der Waals surface area contributed by atoms with E-state index in [0.29, 0.717) is 19.4 Å². The van der Waals surface area contributed by atoms with Gasteiger partial charge in [-0.05, 0) is 24.0 Å². The van der Waals surface area contributed by atoms with Crippen LogP contribution in [0.15, 0.2) is 42.7 Å². The van der Waals surface area contributed by atoms with Crippen LogP contribution >= 0.6 is 0 Å². The minimum atomic E-state index is 0.0620. The maximum absolute atomic E-state index is 11.6. The van der Waals surface area contributed by atoms with E-state index in [2.05, 4.69) is 28.5 Å². The second-order valence-electron chi connectivity index (χ2n) is 5.19. The van der Waals surface area contributed by atoms with Gasteiger partial charge in [-0.25, -0.2) is 0 Å². The summed E-state index contributed by atoms with van der Waals surface area (Å²) in [6, 6.07) is 10.2. The number of carbonyl (C=O) groups excluding carboxylic acids is 1. The Hall–Kier alpha value is -2.54.